The van der Waals surface area contributed by atoms with E-state index in [2.05, 4.69) is 15.6 Å². The van der Waals surface area contributed by atoms with Crippen LogP contribution in [0.3, 0.4) is 0 Å². The summed E-state index contributed by atoms with van der Waals surface area (Å²) < 4.78 is 16.4. The van der Waals surface area contributed by atoms with Crippen LogP contribution in [0.4, 0.5) is 10.5 Å². The third-order valence-corrected chi connectivity index (χ3v) is 4.48. The molecule has 0 saturated carbocycles. The molecular formula is C18H15N3O5S. The van der Waals surface area contributed by atoms with Crippen molar-refractivity contribution in [1.82, 2.24) is 10.3 Å². The number of rotatable bonds is 4. The van der Waals surface area contributed by atoms with Crippen LogP contribution in [0.2, 0.25) is 0 Å². The number of nitrogens with one attached hydrogen (secondary N) is 2. The van der Waals surface area contributed by atoms with E-state index < -0.39 is 11.9 Å². The Morgan fingerprint density at radius 3 is 2.74 bits per heavy atom. The van der Waals surface area contributed by atoms with E-state index in [1.54, 1.807) is 24.3 Å². The predicted molar refractivity (Wildman–Crippen MR) is 99.3 cm³/mol. The fraction of sp³-hybridized carbons (Fsp3) is 0.167. The molecule has 0 spiro atoms. The van der Waals surface area contributed by atoms with Crippen LogP contribution in [0, 0.1) is 0 Å². The number of amides is 3. The Morgan fingerprint density at radius 1 is 1.07 bits per heavy atom. The number of thioether (sulfide) groups is 1. The Labute approximate surface area is 158 Å². The number of nitrogens with zero attached hydrogens (tertiary/aromatic N) is 1. The summed E-state index contributed by atoms with van der Waals surface area (Å²) in [6.45, 7) is 0.945. The van der Waals surface area contributed by atoms with Crippen molar-refractivity contribution >= 4 is 40.5 Å². The molecule has 4 rings (SSSR count). The van der Waals surface area contributed by atoms with Gasteiger partial charge in [0.15, 0.2) is 17.1 Å². The molecule has 0 unspecified atom stereocenters. The van der Waals surface area contributed by atoms with Gasteiger partial charge >= 0.3 is 6.03 Å². The fourth-order valence-corrected chi connectivity index (χ4v) is 3.12. The molecule has 0 fully saturated rings. The van der Waals surface area contributed by atoms with Gasteiger partial charge in [0.05, 0.1) is 5.75 Å². The van der Waals surface area contributed by atoms with Gasteiger partial charge in [0, 0.05) is 11.8 Å². The van der Waals surface area contributed by atoms with Gasteiger partial charge in [0.2, 0.25) is 5.91 Å². The third kappa shape index (κ3) is 4.14. The quantitative estimate of drug-likeness (QED) is 0.666. The van der Waals surface area contributed by atoms with Crippen LogP contribution in [0.25, 0.3) is 11.1 Å². The lowest BCUT2D eigenvalue weighted by molar-refractivity contribution is -0.117. The first-order valence-electron chi connectivity index (χ1n) is 8.16. The number of aromatic nitrogens is 1. The van der Waals surface area contributed by atoms with Gasteiger partial charge in [-0.1, -0.05) is 23.9 Å². The highest BCUT2D eigenvalue weighted by atomic mass is 32.2. The molecule has 1 aliphatic heterocycles. The number of carbonyl (C=O) groups excluding carboxylic acids is 2. The molecule has 3 amide bonds. The molecule has 0 atom stereocenters. The molecule has 8 nitrogen and oxygen atoms in total. The van der Waals surface area contributed by atoms with E-state index in [1.807, 2.05) is 18.2 Å². The topological polar surface area (TPSA) is 103 Å². The van der Waals surface area contributed by atoms with Gasteiger partial charge in [0.1, 0.15) is 18.7 Å². The lowest BCUT2D eigenvalue weighted by Crippen LogP contribution is -2.35. The first-order valence-corrected chi connectivity index (χ1v) is 9.15. The monoisotopic (exact) mass is 385 g/mol. The molecule has 2 N–H and O–H groups in total. The van der Waals surface area contributed by atoms with Crippen molar-refractivity contribution in [3.05, 3.63) is 42.5 Å². The molecule has 1 aliphatic rings. The summed E-state index contributed by atoms with van der Waals surface area (Å²) in [4.78, 5) is 28.2. The smallest absolute Gasteiger partial charge is 0.325 e. The molecule has 3 aromatic rings. The van der Waals surface area contributed by atoms with Crippen molar-refractivity contribution in [3.63, 3.8) is 0 Å². The van der Waals surface area contributed by atoms with Gasteiger partial charge in [0.25, 0.3) is 5.22 Å². The maximum Gasteiger partial charge on any atom is 0.325 e. The second kappa shape index (κ2) is 7.58. The van der Waals surface area contributed by atoms with Gasteiger partial charge < -0.3 is 19.2 Å². The van der Waals surface area contributed by atoms with E-state index in [0.29, 0.717) is 41.2 Å². The molecular weight excluding hydrogens is 370 g/mol. The number of oxazole rings is 1. The van der Waals surface area contributed by atoms with Gasteiger partial charge in [-0.05, 0) is 24.3 Å². The summed E-state index contributed by atoms with van der Waals surface area (Å²) in [5.74, 6) is 0.716. The van der Waals surface area contributed by atoms with Gasteiger partial charge in [-0.3, -0.25) is 10.1 Å². The summed E-state index contributed by atoms with van der Waals surface area (Å²) in [7, 11) is 0. The summed E-state index contributed by atoms with van der Waals surface area (Å²) in [6.07, 6.45) is 0. The molecule has 0 aliphatic carbocycles. The first kappa shape index (κ1) is 17.2. The van der Waals surface area contributed by atoms with Crippen molar-refractivity contribution in [2.75, 3.05) is 24.3 Å². The molecule has 0 saturated heterocycles. The van der Waals surface area contributed by atoms with Crippen LogP contribution in [-0.4, -0.2) is 35.9 Å². The predicted octanol–water partition coefficient (Wildman–Crippen LogP) is 3.04. The lowest BCUT2D eigenvalue weighted by atomic mass is 10.2. The molecule has 1 aromatic heterocycles. The van der Waals surface area contributed by atoms with Crippen LogP contribution < -0.4 is 20.1 Å². The highest BCUT2D eigenvalue weighted by Crippen LogP contribution is 2.32. The summed E-state index contributed by atoms with van der Waals surface area (Å²) in [5, 5.41) is 5.22. The number of benzene rings is 2. The van der Waals surface area contributed by atoms with Crippen molar-refractivity contribution < 1.29 is 23.5 Å². The minimum absolute atomic E-state index is 0.00137. The highest BCUT2D eigenvalue weighted by Gasteiger charge is 2.15. The van der Waals surface area contributed by atoms with Gasteiger partial charge in [-0.25, -0.2) is 9.78 Å². The third-order valence-electron chi connectivity index (χ3n) is 3.65. The number of imide groups is 1. The molecule has 2 heterocycles. The number of para-hydroxylation sites is 2. The van der Waals surface area contributed by atoms with Gasteiger partial charge in [-0.15, -0.1) is 0 Å². The number of hydrogen-bond donors (Lipinski definition) is 2. The normalized spacial score (nSPS) is 12.6. The summed E-state index contributed by atoms with van der Waals surface area (Å²) >= 11 is 1.11. The maximum atomic E-state index is 12.0. The van der Waals surface area contributed by atoms with E-state index in [0.717, 1.165) is 17.3 Å². The first-order chi connectivity index (χ1) is 13.2. The lowest BCUT2D eigenvalue weighted by Gasteiger charge is -2.19. The Kier molecular flexibility index (Phi) is 4.84. The van der Waals surface area contributed by atoms with E-state index in [1.165, 1.54) is 0 Å². The number of ether oxygens (including phenoxy) is 2. The Bertz CT molecular complexity index is 971. The minimum atomic E-state index is -0.630. The van der Waals surface area contributed by atoms with Crippen LogP contribution in [0.1, 0.15) is 0 Å². The average Bonchev–Trinajstić information content (AvgIpc) is 3.09. The fourth-order valence-electron chi connectivity index (χ4n) is 2.49. The number of carbonyl (C=O) groups is 2. The average molecular weight is 385 g/mol. The van der Waals surface area contributed by atoms with E-state index in [9.17, 15) is 9.59 Å². The van der Waals surface area contributed by atoms with Crippen LogP contribution >= 0.6 is 11.8 Å². The number of hydrogen-bond acceptors (Lipinski definition) is 7. The number of fused-ring (bicyclic) bond motifs is 2. The van der Waals surface area contributed by atoms with E-state index >= 15 is 0 Å². The zero-order valence-electron chi connectivity index (χ0n) is 14.1. The number of urea groups is 1. The second-order valence-electron chi connectivity index (χ2n) is 5.60. The Balaban J connectivity index is 1.29. The minimum Gasteiger partial charge on any atom is -0.486 e. The molecule has 9 heteroatoms. The largest absolute Gasteiger partial charge is 0.486 e. The summed E-state index contributed by atoms with van der Waals surface area (Å²) in [6, 6.07) is 11.7. The van der Waals surface area contributed by atoms with Crippen LogP contribution in [0.15, 0.2) is 52.1 Å². The van der Waals surface area contributed by atoms with Crippen molar-refractivity contribution in [3.8, 4) is 11.5 Å². The van der Waals surface area contributed by atoms with Crippen molar-refractivity contribution in [1.29, 1.82) is 0 Å². The zero-order chi connectivity index (χ0) is 18.6. The standard InChI is InChI=1S/C18H15N3O5S/c22-16(10-27-18-20-12-3-1-2-4-13(12)26-18)21-17(23)19-11-5-6-14-15(9-11)25-8-7-24-14/h1-6,9H,7-8,10H2,(H2,19,21,22,23). The SMILES string of the molecule is O=C(CSc1nc2ccccc2o1)NC(=O)Nc1ccc2c(c1)OCCO2. The van der Waals surface area contributed by atoms with Crippen LogP contribution in [-0.2, 0) is 4.79 Å². The summed E-state index contributed by atoms with van der Waals surface area (Å²) in [5.41, 5.74) is 1.87. The Morgan fingerprint density at radius 2 is 1.89 bits per heavy atom. The molecule has 2 aromatic carbocycles. The van der Waals surface area contributed by atoms with Crippen molar-refractivity contribution in [2.24, 2.45) is 0 Å². The highest BCUT2D eigenvalue weighted by molar-refractivity contribution is 7.99. The molecule has 138 valence electrons. The zero-order valence-corrected chi connectivity index (χ0v) is 14.9. The van der Waals surface area contributed by atoms with Crippen LogP contribution in [0.5, 0.6) is 11.5 Å². The number of anilines is 1. The maximum absolute atomic E-state index is 12.0. The van der Waals surface area contributed by atoms with E-state index in [-0.39, 0.29) is 5.75 Å². The Hall–Kier alpha value is -3.20. The van der Waals surface area contributed by atoms with Crippen molar-refractivity contribution in [2.45, 2.75) is 5.22 Å². The molecule has 0 radical (unpaired) electrons. The molecule has 27 heavy (non-hydrogen) atoms. The van der Waals surface area contributed by atoms with Gasteiger partial charge in [-0.2, -0.15) is 0 Å². The second-order valence-corrected chi connectivity index (χ2v) is 6.52. The molecule has 0 bridgehead atoms. The van der Waals surface area contributed by atoms with E-state index in [4.69, 9.17) is 13.9 Å².